The average Bonchev–Trinajstić information content (AvgIpc) is 2.77. The van der Waals surface area contributed by atoms with E-state index in [1.54, 1.807) is 12.5 Å². The van der Waals surface area contributed by atoms with Gasteiger partial charge in [0.05, 0.1) is 12.5 Å². The van der Waals surface area contributed by atoms with E-state index in [9.17, 15) is 0 Å². The third-order valence-corrected chi connectivity index (χ3v) is 2.54. The lowest BCUT2D eigenvalue weighted by Gasteiger charge is -1.99. The van der Waals surface area contributed by atoms with Crippen LogP contribution in [0.3, 0.4) is 0 Å². The second-order valence-electron chi connectivity index (χ2n) is 2.82. The molecule has 0 fully saturated rings. The number of nitrogens with one attached hydrogen (secondary N) is 1. The highest BCUT2D eigenvalue weighted by atomic mass is 32.1. The van der Waals surface area contributed by atoms with E-state index in [-0.39, 0.29) is 0 Å². The first-order valence-corrected chi connectivity index (χ1v) is 5.14. The zero-order chi connectivity index (χ0) is 9.80. The maximum Gasteiger partial charge on any atom is 0.184 e. The van der Waals surface area contributed by atoms with Gasteiger partial charge in [-0.15, -0.1) is 0 Å². The lowest BCUT2D eigenvalue weighted by molar-refractivity contribution is 0.513. The molecule has 0 atom stereocenters. The van der Waals surface area contributed by atoms with Crippen LogP contribution in [0.4, 0.5) is 10.1 Å². The molecule has 2 rings (SSSR count). The summed E-state index contributed by atoms with van der Waals surface area (Å²) in [6.45, 7) is 0.806. The van der Waals surface area contributed by atoms with Crippen LogP contribution in [0.1, 0.15) is 5.76 Å². The molecule has 0 bridgehead atoms. The SMILES string of the molecule is Nc1cnc(NCCc2ccco2)s1. The molecule has 0 aliphatic carbocycles. The molecule has 0 aliphatic rings. The van der Waals surface area contributed by atoms with Gasteiger partial charge in [0.2, 0.25) is 0 Å². The van der Waals surface area contributed by atoms with Crippen LogP contribution in [0, 0.1) is 0 Å². The highest BCUT2D eigenvalue weighted by Crippen LogP contribution is 2.19. The summed E-state index contributed by atoms with van der Waals surface area (Å²) >= 11 is 1.45. The van der Waals surface area contributed by atoms with Gasteiger partial charge in [-0.2, -0.15) is 0 Å². The summed E-state index contributed by atoms with van der Waals surface area (Å²) < 4.78 is 5.19. The van der Waals surface area contributed by atoms with Crippen LogP contribution in [0.2, 0.25) is 0 Å². The summed E-state index contributed by atoms with van der Waals surface area (Å²) in [5.74, 6) is 0.974. The first-order chi connectivity index (χ1) is 6.84. The smallest absolute Gasteiger partial charge is 0.184 e. The lowest BCUT2D eigenvalue weighted by Crippen LogP contribution is -2.03. The largest absolute Gasteiger partial charge is 0.469 e. The van der Waals surface area contributed by atoms with Gasteiger partial charge in [0.15, 0.2) is 5.13 Å². The normalized spacial score (nSPS) is 10.3. The highest BCUT2D eigenvalue weighted by molar-refractivity contribution is 7.19. The Morgan fingerprint density at radius 2 is 2.50 bits per heavy atom. The van der Waals surface area contributed by atoms with Crippen LogP contribution in [-0.2, 0) is 6.42 Å². The first-order valence-electron chi connectivity index (χ1n) is 4.32. The third-order valence-electron chi connectivity index (χ3n) is 1.75. The van der Waals surface area contributed by atoms with Gasteiger partial charge < -0.3 is 15.5 Å². The van der Waals surface area contributed by atoms with Crippen molar-refractivity contribution in [2.45, 2.75) is 6.42 Å². The minimum absolute atomic E-state index is 0.727. The van der Waals surface area contributed by atoms with Gasteiger partial charge in [-0.3, -0.25) is 0 Å². The van der Waals surface area contributed by atoms with Crippen LogP contribution < -0.4 is 11.1 Å². The van der Waals surface area contributed by atoms with Crippen molar-refractivity contribution < 1.29 is 4.42 Å². The Hall–Kier alpha value is -1.49. The van der Waals surface area contributed by atoms with E-state index in [2.05, 4.69) is 10.3 Å². The first kappa shape index (κ1) is 9.08. The number of aromatic nitrogens is 1. The number of rotatable bonds is 4. The molecule has 74 valence electrons. The van der Waals surface area contributed by atoms with Crippen molar-refractivity contribution in [1.82, 2.24) is 4.98 Å². The molecule has 0 unspecified atom stereocenters. The molecule has 0 spiro atoms. The summed E-state index contributed by atoms with van der Waals surface area (Å²) in [6.07, 6.45) is 4.18. The molecule has 2 aromatic heterocycles. The fraction of sp³-hybridized carbons (Fsp3) is 0.222. The van der Waals surface area contributed by atoms with Gasteiger partial charge in [-0.05, 0) is 12.1 Å². The van der Waals surface area contributed by atoms with E-state index in [1.807, 2.05) is 12.1 Å². The maximum absolute atomic E-state index is 5.54. The molecule has 0 amide bonds. The van der Waals surface area contributed by atoms with Crippen molar-refractivity contribution in [2.75, 3.05) is 17.6 Å². The average molecular weight is 209 g/mol. The molecule has 14 heavy (non-hydrogen) atoms. The number of nitrogens with zero attached hydrogens (tertiary/aromatic N) is 1. The molecule has 2 heterocycles. The van der Waals surface area contributed by atoms with Gasteiger partial charge in [0, 0.05) is 13.0 Å². The predicted octanol–water partition coefficient (Wildman–Crippen LogP) is 1.97. The van der Waals surface area contributed by atoms with Crippen LogP contribution >= 0.6 is 11.3 Å². The second-order valence-corrected chi connectivity index (χ2v) is 3.89. The fourth-order valence-corrected chi connectivity index (χ4v) is 1.72. The number of anilines is 2. The van der Waals surface area contributed by atoms with Crippen molar-refractivity contribution in [2.24, 2.45) is 0 Å². The van der Waals surface area contributed by atoms with E-state index in [0.717, 1.165) is 28.9 Å². The minimum Gasteiger partial charge on any atom is -0.469 e. The van der Waals surface area contributed by atoms with Crippen molar-refractivity contribution in [3.05, 3.63) is 30.4 Å². The van der Waals surface area contributed by atoms with Gasteiger partial charge in [0.1, 0.15) is 10.8 Å². The molecule has 4 nitrogen and oxygen atoms in total. The van der Waals surface area contributed by atoms with Crippen molar-refractivity contribution >= 4 is 21.5 Å². The maximum atomic E-state index is 5.54. The van der Waals surface area contributed by atoms with E-state index in [0.29, 0.717) is 0 Å². The molecule has 0 aliphatic heterocycles. The van der Waals surface area contributed by atoms with E-state index < -0.39 is 0 Å². The lowest BCUT2D eigenvalue weighted by atomic mass is 10.3. The second kappa shape index (κ2) is 4.15. The molecular weight excluding hydrogens is 198 g/mol. The Kier molecular flexibility index (Phi) is 2.69. The Bertz CT molecular complexity index is 382. The number of furan rings is 1. The van der Waals surface area contributed by atoms with E-state index in [1.165, 1.54) is 11.3 Å². The summed E-state index contributed by atoms with van der Waals surface area (Å²) in [4.78, 5) is 4.09. The molecule has 3 N–H and O–H groups in total. The van der Waals surface area contributed by atoms with Crippen LogP contribution in [-0.4, -0.2) is 11.5 Å². The van der Waals surface area contributed by atoms with Gasteiger partial charge >= 0.3 is 0 Å². The topological polar surface area (TPSA) is 64.1 Å². The van der Waals surface area contributed by atoms with Gasteiger partial charge in [0.25, 0.3) is 0 Å². The zero-order valence-corrected chi connectivity index (χ0v) is 8.38. The summed E-state index contributed by atoms with van der Waals surface area (Å²) in [5.41, 5.74) is 5.54. The summed E-state index contributed by atoms with van der Waals surface area (Å²) in [5, 5.41) is 4.75. The van der Waals surface area contributed by atoms with Crippen LogP contribution in [0.5, 0.6) is 0 Å². The van der Waals surface area contributed by atoms with E-state index in [4.69, 9.17) is 10.2 Å². The zero-order valence-electron chi connectivity index (χ0n) is 7.56. The molecule has 0 saturated heterocycles. The van der Waals surface area contributed by atoms with Gasteiger partial charge in [-0.1, -0.05) is 11.3 Å². The Balaban J connectivity index is 1.78. The van der Waals surface area contributed by atoms with Crippen molar-refractivity contribution in [3.8, 4) is 0 Å². The number of thiazole rings is 1. The Morgan fingerprint density at radius 1 is 1.57 bits per heavy atom. The fourth-order valence-electron chi connectivity index (χ4n) is 1.12. The molecule has 0 saturated carbocycles. The standard InChI is InChI=1S/C9H11N3OS/c10-8-6-12-9(14-8)11-4-3-7-2-1-5-13-7/h1-2,5-6H,3-4,10H2,(H,11,12). The van der Waals surface area contributed by atoms with E-state index >= 15 is 0 Å². The Morgan fingerprint density at radius 3 is 3.14 bits per heavy atom. The molecular formula is C9H11N3OS. The number of hydrogen-bond acceptors (Lipinski definition) is 5. The molecule has 0 aromatic carbocycles. The van der Waals surface area contributed by atoms with Gasteiger partial charge in [-0.25, -0.2) is 4.98 Å². The molecule has 0 radical (unpaired) electrons. The highest BCUT2D eigenvalue weighted by Gasteiger charge is 1.98. The van der Waals surface area contributed by atoms with Crippen LogP contribution in [0.15, 0.2) is 29.0 Å². The minimum atomic E-state index is 0.727. The Labute approximate surface area is 85.8 Å². The summed E-state index contributed by atoms with van der Waals surface area (Å²) in [6, 6.07) is 3.84. The quantitative estimate of drug-likeness (QED) is 0.808. The third kappa shape index (κ3) is 2.26. The number of nitrogens with two attached hydrogens (primary N) is 1. The molecule has 5 heteroatoms. The number of nitrogen functional groups attached to an aromatic ring is 1. The summed E-state index contributed by atoms with van der Waals surface area (Å²) in [7, 11) is 0. The van der Waals surface area contributed by atoms with Crippen molar-refractivity contribution in [3.63, 3.8) is 0 Å². The number of hydrogen-bond donors (Lipinski definition) is 2. The molecule has 2 aromatic rings. The van der Waals surface area contributed by atoms with Crippen LogP contribution in [0.25, 0.3) is 0 Å². The monoisotopic (exact) mass is 209 g/mol. The van der Waals surface area contributed by atoms with Crippen molar-refractivity contribution in [1.29, 1.82) is 0 Å². The predicted molar refractivity (Wildman–Crippen MR) is 57.4 cm³/mol.